The van der Waals surface area contributed by atoms with E-state index in [-0.39, 0.29) is 9.92 Å². The van der Waals surface area contributed by atoms with Crippen LogP contribution in [-0.4, -0.2) is 29.0 Å². The highest BCUT2D eigenvalue weighted by atomic mass is 32.1. The molecule has 1 saturated carbocycles. The maximum atomic E-state index is 10.7. The summed E-state index contributed by atoms with van der Waals surface area (Å²) in [4.78, 5) is 16.6. The Bertz CT molecular complexity index is 464. The van der Waals surface area contributed by atoms with Crippen LogP contribution in [-0.2, 0) is 0 Å². The number of nitrogens with zero attached hydrogens (tertiary/aromatic N) is 3. The van der Waals surface area contributed by atoms with Gasteiger partial charge in [-0.15, -0.1) is 0 Å². The molecule has 0 aromatic carbocycles. The van der Waals surface area contributed by atoms with Crippen LogP contribution < -0.4 is 10.6 Å². The molecule has 0 amide bonds. The first kappa shape index (κ1) is 11.9. The van der Waals surface area contributed by atoms with Gasteiger partial charge >= 0.3 is 5.00 Å². The van der Waals surface area contributed by atoms with Crippen molar-refractivity contribution in [3.05, 3.63) is 16.3 Å². The molecule has 3 rings (SSSR count). The van der Waals surface area contributed by atoms with Crippen LogP contribution in [0.3, 0.4) is 0 Å². The molecule has 0 radical (unpaired) electrons. The smallest absolute Gasteiger partial charge is 0.345 e. The summed E-state index contributed by atoms with van der Waals surface area (Å²) in [6.07, 6.45) is 4.71. The van der Waals surface area contributed by atoms with E-state index in [1.165, 1.54) is 24.0 Å². The Morgan fingerprint density at radius 1 is 1.44 bits per heavy atom. The maximum Gasteiger partial charge on any atom is 0.345 e. The van der Waals surface area contributed by atoms with Crippen LogP contribution in [0.25, 0.3) is 0 Å². The molecular formula is C11H16N4O2S. The summed E-state index contributed by atoms with van der Waals surface area (Å²) in [5, 5.41) is 11.6. The first-order valence-corrected chi connectivity index (χ1v) is 7.06. The summed E-state index contributed by atoms with van der Waals surface area (Å²) in [5.41, 5.74) is 6.00. The molecule has 1 aromatic rings. The van der Waals surface area contributed by atoms with Crippen molar-refractivity contribution in [2.75, 3.05) is 18.0 Å². The van der Waals surface area contributed by atoms with Crippen LogP contribution in [0.15, 0.2) is 6.20 Å². The molecule has 0 spiro atoms. The normalized spacial score (nSPS) is 31.4. The molecule has 1 aliphatic carbocycles. The molecule has 1 saturated heterocycles. The van der Waals surface area contributed by atoms with Crippen LogP contribution in [0.5, 0.6) is 0 Å². The lowest BCUT2D eigenvalue weighted by Gasteiger charge is -2.27. The number of anilines is 1. The zero-order chi connectivity index (χ0) is 12.7. The number of nitrogens with two attached hydrogens (primary N) is 1. The number of hydrogen-bond donors (Lipinski definition) is 1. The molecule has 98 valence electrons. The standard InChI is InChI=1S/C11H16N4O2S/c12-9-2-1-7-5-14(6-8(7)3-9)11-13-4-10(18-11)15(16)17/h4,7-9H,1-3,5-6,12H2/t7-,8+,9?/m1/s1. The number of nitro groups is 1. The van der Waals surface area contributed by atoms with E-state index in [0.29, 0.717) is 17.9 Å². The summed E-state index contributed by atoms with van der Waals surface area (Å²) in [5.74, 6) is 1.32. The van der Waals surface area contributed by atoms with Crippen molar-refractivity contribution in [3.8, 4) is 0 Å². The molecule has 2 fully saturated rings. The summed E-state index contributed by atoms with van der Waals surface area (Å²) in [6, 6.07) is 0.330. The molecule has 3 atom stereocenters. The Labute approximate surface area is 109 Å². The van der Waals surface area contributed by atoms with Crippen molar-refractivity contribution in [2.45, 2.75) is 25.3 Å². The van der Waals surface area contributed by atoms with Crippen molar-refractivity contribution in [1.82, 2.24) is 4.98 Å². The quantitative estimate of drug-likeness (QED) is 0.650. The zero-order valence-electron chi connectivity index (χ0n) is 9.99. The fraction of sp³-hybridized carbons (Fsp3) is 0.727. The highest BCUT2D eigenvalue weighted by Gasteiger charge is 2.37. The summed E-state index contributed by atoms with van der Waals surface area (Å²) in [7, 11) is 0. The van der Waals surface area contributed by atoms with Gasteiger partial charge in [-0.2, -0.15) is 0 Å². The number of thiazole rings is 1. The molecule has 2 heterocycles. The SMILES string of the molecule is NC1CC[C@@H]2CN(c3ncc([N+](=O)[O-])s3)C[C@@H]2C1. The second-order valence-corrected chi connectivity index (χ2v) is 6.22. The van der Waals surface area contributed by atoms with Gasteiger partial charge in [0.05, 0.1) is 4.92 Å². The van der Waals surface area contributed by atoms with Crippen molar-refractivity contribution >= 4 is 21.5 Å². The highest BCUT2D eigenvalue weighted by Crippen LogP contribution is 2.39. The van der Waals surface area contributed by atoms with E-state index in [1.54, 1.807) is 0 Å². The largest absolute Gasteiger partial charge is 0.347 e. The van der Waals surface area contributed by atoms with E-state index in [1.807, 2.05) is 0 Å². The van der Waals surface area contributed by atoms with E-state index in [4.69, 9.17) is 5.73 Å². The minimum atomic E-state index is -0.375. The highest BCUT2D eigenvalue weighted by molar-refractivity contribution is 7.18. The third-order valence-corrected chi connectivity index (χ3v) is 5.03. The average molecular weight is 268 g/mol. The fourth-order valence-corrected chi connectivity index (χ4v) is 3.86. The first-order chi connectivity index (χ1) is 8.63. The predicted octanol–water partition coefficient (Wildman–Crippen LogP) is 1.61. The molecule has 18 heavy (non-hydrogen) atoms. The van der Waals surface area contributed by atoms with E-state index in [9.17, 15) is 10.1 Å². The van der Waals surface area contributed by atoms with Crippen molar-refractivity contribution < 1.29 is 4.92 Å². The third kappa shape index (κ3) is 2.08. The lowest BCUT2D eigenvalue weighted by Crippen LogP contribution is -2.32. The Hall–Kier alpha value is -1.21. The van der Waals surface area contributed by atoms with Crippen molar-refractivity contribution in [1.29, 1.82) is 0 Å². The van der Waals surface area contributed by atoms with Gasteiger partial charge in [-0.1, -0.05) is 0 Å². The maximum absolute atomic E-state index is 10.7. The minimum absolute atomic E-state index is 0.122. The molecule has 1 aromatic heterocycles. The second kappa shape index (κ2) is 4.47. The number of fused-ring (bicyclic) bond motifs is 1. The predicted molar refractivity (Wildman–Crippen MR) is 69.8 cm³/mol. The molecular weight excluding hydrogens is 252 g/mol. The number of hydrogen-bond acceptors (Lipinski definition) is 6. The topological polar surface area (TPSA) is 85.3 Å². The van der Waals surface area contributed by atoms with Gasteiger partial charge in [0.15, 0.2) is 5.13 Å². The molecule has 0 bridgehead atoms. The van der Waals surface area contributed by atoms with Gasteiger partial charge in [0.1, 0.15) is 6.20 Å². The van der Waals surface area contributed by atoms with E-state index >= 15 is 0 Å². The molecule has 1 aliphatic heterocycles. The van der Waals surface area contributed by atoms with Crippen LogP contribution >= 0.6 is 11.3 Å². The fourth-order valence-electron chi connectivity index (χ4n) is 3.11. The van der Waals surface area contributed by atoms with Gasteiger partial charge in [0.25, 0.3) is 0 Å². The zero-order valence-corrected chi connectivity index (χ0v) is 10.8. The van der Waals surface area contributed by atoms with Gasteiger partial charge in [-0.3, -0.25) is 10.1 Å². The Balaban J connectivity index is 1.72. The molecule has 1 unspecified atom stereocenters. The minimum Gasteiger partial charge on any atom is -0.347 e. The van der Waals surface area contributed by atoms with Gasteiger partial charge in [0.2, 0.25) is 0 Å². The summed E-state index contributed by atoms with van der Waals surface area (Å²) >= 11 is 1.17. The van der Waals surface area contributed by atoms with Crippen LogP contribution in [0.1, 0.15) is 19.3 Å². The number of aromatic nitrogens is 1. The molecule has 2 aliphatic rings. The Kier molecular flexibility index (Phi) is 2.95. The van der Waals surface area contributed by atoms with Gasteiger partial charge in [0, 0.05) is 19.1 Å². The third-order valence-electron chi connectivity index (χ3n) is 4.02. The van der Waals surface area contributed by atoms with E-state index in [2.05, 4.69) is 9.88 Å². The van der Waals surface area contributed by atoms with Gasteiger partial charge < -0.3 is 10.6 Å². The second-order valence-electron chi connectivity index (χ2n) is 5.24. The Morgan fingerprint density at radius 2 is 2.22 bits per heavy atom. The van der Waals surface area contributed by atoms with Crippen LogP contribution in [0, 0.1) is 22.0 Å². The molecule has 7 heteroatoms. The van der Waals surface area contributed by atoms with Crippen molar-refractivity contribution in [3.63, 3.8) is 0 Å². The monoisotopic (exact) mass is 268 g/mol. The van der Waals surface area contributed by atoms with Gasteiger partial charge in [-0.05, 0) is 42.4 Å². The Morgan fingerprint density at radius 3 is 2.94 bits per heavy atom. The van der Waals surface area contributed by atoms with Crippen LogP contribution in [0.2, 0.25) is 0 Å². The lowest BCUT2D eigenvalue weighted by molar-refractivity contribution is -0.380. The molecule has 2 N–H and O–H groups in total. The average Bonchev–Trinajstić information content (AvgIpc) is 2.93. The van der Waals surface area contributed by atoms with Crippen molar-refractivity contribution in [2.24, 2.45) is 17.6 Å². The van der Waals surface area contributed by atoms with Crippen LogP contribution in [0.4, 0.5) is 10.1 Å². The molecule has 6 nitrogen and oxygen atoms in total. The number of rotatable bonds is 2. The van der Waals surface area contributed by atoms with E-state index < -0.39 is 0 Å². The summed E-state index contributed by atoms with van der Waals surface area (Å²) in [6.45, 7) is 1.92. The first-order valence-electron chi connectivity index (χ1n) is 6.24. The summed E-state index contributed by atoms with van der Waals surface area (Å²) < 4.78 is 0. The van der Waals surface area contributed by atoms with Gasteiger partial charge in [-0.25, -0.2) is 4.98 Å². The lowest BCUT2D eigenvalue weighted by atomic mass is 9.79. The van der Waals surface area contributed by atoms with E-state index in [0.717, 1.165) is 31.1 Å².